The summed E-state index contributed by atoms with van der Waals surface area (Å²) in [7, 11) is 1.61. The van der Waals surface area contributed by atoms with Crippen LogP contribution in [0.1, 0.15) is 39.5 Å². The number of carbonyl (C=O) groups is 1. The van der Waals surface area contributed by atoms with Crippen LogP contribution in [0, 0.1) is 5.92 Å². The molecule has 7 nitrogen and oxygen atoms in total. The van der Waals surface area contributed by atoms with E-state index in [4.69, 9.17) is 9.47 Å². The molecule has 0 aliphatic carbocycles. The highest BCUT2D eigenvalue weighted by molar-refractivity contribution is 6.15. The van der Waals surface area contributed by atoms with Gasteiger partial charge in [-0.2, -0.15) is 0 Å². The maximum atomic E-state index is 13.1. The average molecular weight is 471 g/mol. The number of nitrogens with zero attached hydrogens (tertiary/aromatic N) is 2. The zero-order chi connectivity index (χ0) is 24.1. The number of hydrogen-bond donors (Lipinski definition) is 1. The molecule has 178 valence electrons. The number of allylic oxidation sites excluding steroid dienone is 1. The second-order valence-electron chi connectivity index (χ2n) is 9.55. The van der Waals surface area contributed by atoms with Gasteiger partial charge in [-0.05, 0) is 54.3 Å². The van der Waals surface area contributed by atoms with Crippen LogP contribution in [0.5, 0.6) is 17.2 Å². The maximum absolute atomic E-state index is 13.1. The van der Waals surface area contributed by atoms with E-state index in [2.05, 4.69) is 4.90 Å². The number of ether oxygens (including phenoxy) is 2. The van der Waals surface area contributed by atoms with Crippen LogP contribution in [0.25, 0.3) is 6.08 Å². The zero-order valence-electron chi connectivity index (χ0n) is 19.4. The SMILES string of the molecule is COc1ccc(/C=C2\Oc3c(ccc(O)c3CN3CC4CC(C3)c3cccc(=O)n3C4)C2=O)cc1. The Morgan fingerprint density at radius 1 is 1.06 bits per heavy atom. The van der Waals surface area contributed by atoms with Gasteiger partial charge in [0.25, 0.3) is 5.56 Å². The van der Waals surface area contributed by atoms with E-state index in [1.165, 1.54) is 0 Å². The summed E-state index contributed by atoms with van der Waals surface area (Å²) < 4.78 is 13.2. The summed E-state index contributed by atoms with van der Waals surface area (Å²) in [5.41, 5.74) is 3.06. The highest BCUT2D eigenvalue weighted by atomic mass is 16.5. The molecule has 1 aromatic heterocycles. The van der Waals surface area contributed by atoms with Gasteiger partial charge in [0.15, 0.2) is 5.76 Å². The number of aromatic hydroxyl groups is 1. The molecule has 4 heterocycles. The topological polar surface area (TPSA) is 81.0 Å². The summed E-state index contributed by atoms with van der Waals surface area (Å²) in [6.45, 7) is 2.79. The van der Waals surface area contributed by atoms with E-state index >= 15 is 0 Å². The number of Topliss-reactive ketones (excluding diaryl/α,β-unsaturated/α-hetero) is 1. The Morgan fingerprint density at radius 2 is 1.89 bits per heavy atom. The van der Waals surface area contributed by atoms with Crippen molar-refractivity contribution in [2.45, 2.75) is 25.4 Å². The van der Waals surface area contributed by atoms with Crippen LogP contribution in [0.2, 0.25) is 0 Å². The number of rotatable bonds is 4. The fourth-order valence-electron chi connectivity index (χ4n) is 5.65. The third-order valence-electron chi connectivity index (χ3n) is 7.27. The van der Waals surface area contributed by atoms with Gasteiger partial charge in [0.1, 0.15) is 17.2 Å². The number of phenols is 1. The molecule has 3 aliphatic rings. The van der Waals surface area contributed by atoms with Gasteiger partial charge in [0.05, 0.1) is 18.2 Å². The smallest absolute Gasteiger partial charge is 0.250 e. The van der Waals surface area contributed by atoms with Gasteiger partial charge in [-0.15, -0.1) is 0 Å². The lowest BCUT2D eigenvalue weighted by molar-refractivity contribution is 0.101. The summed E-state index contributed by atoms with van der Waals surface area (Å²) in [6.07, 6.45) is 2.77. The number of likely N-dealkylation sites (tertiary alicyclic amines) is 1. The fraction of sp³-hybridized carbons (Fsp3) is 0.286. The molecule has 35 heavy (non-hydrogen) atoms. The minimum Gasteiger partial charge on any atom is -0.507 e. The number of methoxy groups -OCH3 is 1. The maximum Gasteiger partial charge on any atom is 0.250 e. The predicted octanol–water partition coefficient (Wildman–Crippen LogP) is 3.80. The van der Waals surface area contributed by atoms with Crippen molar-refractivity contribution in [3.8, 4) is 17.2 Å². The number of carbonyl (C=O) groups excluding carboxylic acids is 1. The predicted molar refractivity (Wildman–Crippen MR) is 131 cm³/mol. The van der Waals surface area contributed by atoms with Crippen LogP contribution >= 0.6 is 0 Å². The van der Waals surface area contributed by atoms with E-state index in [0.717, 1.165) is 36.5 Å². The number of fused-ring (bicyclic) bond motifs is 5. The number of aromatic nitrogens is 1. The van der Waals surface area contributed by atoms with Gasteiger partial charge in [0.2, 0.25) is 5.78 Å². The Labute approximate surface area is 202 Å². The molecular formula is C28H26N2O5. The lowest BCUT2D eigenvalue weighted by Gasteiger charge is -2.42. The zero-order valence-corrected chi connectivity index (χ0v) is 19.4. The van der Waals surface area contributed by atoms with Crippen molar-refractivity contribution in [1.29, 1.82) is 0 Å². The molecular weight excluding hydrogens is 444 g/mol. The van der Waals surface area contributed by atoms with Crippen molar-refractivity contribution in [3.05, 3.63) is 93.1 Å². The van der Waals surface area contributed by atoms with Crippen molar-refractivity contribution < 1.29 is 19.4 Å². The number of piperidine rings is 1. The molecule has 7 heteroatoms. The summed E-state index contributed by atoms with van der Waals surface area (Å²) >= 11 is 0. The summed E-state index contributed by atoms with van der Waals surface area (Å²) in [6, 6.07) is 16.1. The van der Waals surface area contributed by atoms with Crippen LogP contribution in [-0.2, 0) is 13.1 Å². The Kier molecular flexibility index (Phi) is 5.22. The highest BCUT2D eigenvalue weighted by Gasteiger charge is 2.36. The van der Waals surface area contributed by atoms with Crippen LogP contribution in [0.3, 0.4) is 0 Å². The first-order valence-corrected chi connectivity index (χ1v) is 11.9. The third-order valence-corrected chi connectivity index (χ3v) is 7.27. The second-order valence-corrected chi connectivity index (χ2v) is 9.55. The Balaban J connectivity index is 1.27. The lowest BCUT2D eigenvalue weighted by atomic mass is 9.83. The molecule has 0 radical (unpaired) electrons. The van der Waals surface area contributed by atoms with Crippen molar-refractivity contribution >= 4 is 11.9 Å². The van der Waals surface area contributed by atoms with Crippen molar-refractivity contribution in [2.24, 2.45) is 5.92 Å². The normalized spacial score (nSPS) is 22.0. The molecule has 1 fully saturated rings. The van der Waals surface area contributed by atoms with Crippen molar-refractivity contribution in [1.82, 2.24) is 9.47 Å². The number of phenolic OH excluding ortho intramolecular Hbond substituents is 1. The van der Waals surface area contributed by atoms with E-state index < -0.39 is 0 Å². The van der Waals surface area contributed by atoms with Gasteiger partial charge >= 0.3 is 0 Å². The van der Waals surface area contributed by atoms with E-state index in [0.29, 0.717) is 35.9 Å². The Bertz CT molecular complexity index is 1410. The Hall–Kier alpha value is -3.84. The first kappa shape index (κ1) is 21.7. The van der Waals surface area contributed by atoms with Crippen molar-refractivity contribution in [2.75, 3.05) is 20.2 Å². The number of pyridine rings is 1. The van der Waals surface area contributed by atoms with E-state index in [-0.39, 0.29) is 28.8 Å². The largest absolute Gasteiger partial charge is 0.507 e. The van der Waals surface area contributed by atoms with Gasteiger partial charge in [-0.1, -0.05) is 18.2 Å². The van der Waals surface area contributed by atoms with Crippen molar-refractivity contribution in [3.63, 3.8) is 0 Å². The quantitative estimate of drug-likeness (QED) is 0.585. The third kappa shape index (κ3) is 3.82. The molecule has 0 spiro atoms. The van der Waals surface area contributed by atoms with Gasteiger partial charge < -0.3 is 19.1 Å². The number of ketones is 1. The molecule has 2 aromatic carbocycles. The van der Waals surface area contributed by atoms with E-state index in [1.54, 1.807) is 31.4 Å². The summed E-state index contributed by atoms with van der Waals surface area (Å²) in [4.78, 5) is 27.7. The van der Waals surface area contributed by atoms with Gasteiger partial charge in [-0.25, -0.2) is 0 Å². The van der Waals surface area contributed by atoms with E-state index in [9.17, 15) is 14.7 Å². The second kappa shape index (κ2) is 8.43. The van der Waals surface area contributed by atoms with Crippen LogP contribution < -0.4 is 15.0 Å². The first-order valence-electron chi connectivity index (χ1n) is 11.9. The molecule has 1 saturated heterocycles. The molecule has 3 aromatic rings. The lowest BCUT2D eigenvalue weighted by Crippen LogP contribution is -2.46. The number of benzene rings is 2. The van der Waals surface area contributed by atoms with Gasteiger partial charge in [-0.3, -0.25) is 14.5 Å². The average Bonchev–Trinajstić information content (AvgIpc) is 3.17. The molecule has 0 amide bonds. The molecule has 2 unspecified atom stereocenters. The fourth-order valence-corrected chi connectivity index (χ4v) is 5.65. The molecule has 1 N–H and O–H groups in total. The van der Waals surface area contributed by atoms with Crippen LogP contribution in [0.15, 0.2) is 65.2 Å². The minimum atomic E-state index is -0.194. The minimum absolute atomic E-state index is 0.0623. The van der Waals surface area contributed by atoms with Crippen LogP contribution in [-0.4, -0.2) is 40.6 Å². The highest BCUT2D eigenvalue weighted by Crippen LogP contribution is 2.42. The van der Waals surface area contributed by atoms with Crippen LogP contribution in [0.4, 0.5) is 0 Å². The van der Waals surface area contributed by atoms with E-state index in [1.807, 2.05) is 41.0 Å². The molecule has 2 atom stereocenters. The number of hydrogen-bond acceptors (Lipinski definition) is 6. The molecule has 2 bridgehead atoms. The van der Waals surface area contributed by atoms with Gasteiger partial charge in [0, 0.05) is 43.9 Å². The monoisotopic (exact) mass is 470 g/mol. The first-order chi connectivity index (χ1) is 17.0. The molecule has 3 aliphatic heterocycles. The molecule has 6 rings (SSSR count). The molecule has 0 saturated carbocycles. The summed E-state index contributed by atoms with van der Waals surface area (Å²) in [5.74, 6) is 1.97. The Morgan fingerprint density at radius 3 is 2.69 bits per heavy atom. The summed E-state index contributed by atoms with van der Waals surface area (Å²) in [5, 5.41) is 10.7. The standard InChI is InChI=1S/C28H26N2O5/c1-34-20-7-5-17(6-8-20)12-25-27(33)21-9-10-24(31)22(28(21)35-25)16-29-13-18-11-19(15-29)23-3-2-4-26(32)30(23)14-18/h2-10,12,18-19,31H,11,13-16H2,1H3/b25-12-.